The third kappa shape index (κ3) is 4.71. The molecule has 3 N–H and O–H groups in total. The van der Waals surface area contributed by atoms with Crippen LogP contribution < -0.4 is 5.43 Å². The number of aromatic hydroxyl groups is 1. The van der Waals surface area contributed by atoms with Gasteiger partial charge in [0.05, 0.1) is 21.7 Å². The van der Waals surface area contributed by atoms with Gasteiger partial charge in [0.15, 0.2) is 4.32 Å². The molecule has 0 spiro atoms. The van der Waals surface area contributed by atoms with Crippen LogP contribution in [0.5, 0.6) is 5.75 Å². The van der Waals surface area contributed by atoms with Gasteiger partial charge in [-0.25, -0.2) is 9.80 Å². The van der Waals surface area contributed by atoms with Crippen LogP contribution in [0.4, 0.5) is 5.69 Å². The van der Waals surface area contributed by atoms with Crippen molar-refractivity contribution in [2.45, 2.75) is 26.2 Å². The first-order valence-electron chi connectivity index (χ1n) is 10.4. The maximum atomic E-state index is 12.9. The number of thioether (sulfide) groups is 1. The molecule has 2 heterocycles. The van der Waals surface area contributed by atoms with Gasteiger partial charge in [0.1, 0.15) is 17.3 Å². The smallest absolute Gasteiger partial charge is 0.337 e. The Bertz CT molecular complexity index is 1340. The fourth-order valence-electron chi connectivity index (χ4n) is 3.36. The summed E-state index contributed by atoms with van der Waals surface area (Å²) in [5, 5.41) is 20.9. The van der Waals surface area contributed by atoms with Gasteiger partial charge in [-0.3, -0.25) is 10.2 Å². The monoisotopic (exact) mass is 494 g/mol. The maximum absolute atomic E-state index is 12.9. The van der Waals surface area contributed by atoms with Crippen LogP contribution in [-0.2, 0) is 10.2 Å². The molecule has 1 aliphatic rings. The lowest BCUT2D eigenvalue weighted by Crippen LogP contribution is -2.34. The van der Waals surface area contributed by atoms with E-state index in [9.17, 15) is 19.8 Å². The summed E-state index contributed by atoms with van der Waals surface area (Å²) >= 11 is 6.39. The number of nitrogens with one attached hydrogen (secondary N) is 1. The molecule has 2 aromatic carbocycles. The number of phenolic OH excluding ortho intramolecular Hbond substituents is 1. The fraction of sp³-hybridized carbons (Fsp3) is 0.160. The van der Waals surface area contributed by atoms with E-state index in [0.29, 0.717) is 22.0 Å². The van der Waals surface area contributed by atoms with Gasteiger partial charge in [0, 0.05) is 6.08 Å². The van der Waals surface area contributed by atoms with Crippen molar-refractivity contribution in [2.75, 3.05) is 5.43 Å². The topological polar surface area (TPSA) is 103 Å². The summed E-state index contributed by atoms with van der Waals surface area (Å²) in [4.78, 5) is 24.7. The fourth-order valence-corrected chi connectivity index (χ4v) is 4.52. The molecule has 1 aliphatic heterocycles. The van der Waals surface area contributed by atoms with Crippen molar-refractivity contribution in [1.82, 2.24) is 5.01 Å². The number of anilines is 1. The van der Waals surface area contributed by atoms with E-state index in [0.717, 1.165) is 22.3 Å². The second-order valence-electron chi connectivity index (χ2n) is 8.66. The first kappa shape index (κ1) is 23.6. The zero-order valence-electron chi connectivity index (χ0n) is 18.7. The van der Waals surface area contributed by atoms with Gasteiger partial charge in [0.25, 0.3) is 5.91 Å². The summed E-state index contributed by atoms with van der Waals surface area (Å²) in [5.41, 5.74) is 4.59. The van der Waals surface area contributed by atoms with Crippen molar-refractivity contribution in [3.63, 3.8) is 0 Å². The first-order valence-corrected chi connectivity index (χ1v) is 11.6. The molecule has 0 unspecified atom stereocenters. The zero-order valence-corrected chi connectivity index (χ0v) is 20.3. The minimum absolute atomic E-state index is 0.0218. The average Bonchev–Trinajstić information content (AvgIpc) is 3.33. The van der Waals surface area contributed by atoms with Crippen molar-refractivity contribution in [3.8, 4) is 17.1 Å². The zero-order chi connectivity index (χ0) is 24.6. The lowest BCUT2D eigenvalue weighted by Gasteiger charge is -2.19. The third-order valence-electron chi connectivity index (χ3n) is 5.21. The Morgan fingerprint density at radius 3 is 2.59 bits per heavy atom. The van der Waals surface area contributed by atoms with E-state index < -0.39 is 11.9 Å². The van der Waals surface area contributed by atoms with Crippen LogP contribution in [0.15, 0.2) is 63.9 Å². The number of rotatable bonds is 5. The van der Waals surface area contributed by atoms with Crippen molar-refractivity contribution in [1.29, 1.82) is 0 Å². The number of phenols is 1. The quantitative estimate of drug-likeness (QED) is 0.299. The molecule has 4 rings (SSSR count). The normalized spacial score (nSPS) is 15.3. The molecule has 34 heavy (non-hydrogen) atoms. The van der Waals surface area contributed by atoms with Crippen molar-refractivity contribution >= 4 is 51.9 Å². The Balaban J connectivity index is 1.58. The van der Waals surface area contributed by atoms with Crippen LogP contribution in [0.3, 0.4) is 0 Å². The Morgan fingerprint density at radius 2 is 1.88 bits per heavy atom. The minimum Gasteiger partial charge on any atom is -0.507 e. The van der Waals surface area contributed by atoms with Crippen LogP contribution >= 0.6 is 24.0 Å². The van der Waals surface area contributed by atoms with Gasteiger partial charge >= 0.3 is 5.97 Å². The lowest BCUT2D eigenvalue weighted by molar-refractivity contribution is -0.121. The number of amides is 1. The molecule has 0 bridgehead atoms. The van der Waals surface area contributed by atoms with E-state index in [4.69, 9.17) is 16.6 Å². The van der Waals surface area contributed by atoms with E-state index in [2.05, 4.69) is 26.2 Å². The maximum Gasteiger partial charge on any atom is 0.337 e. The molecule has 1 fully saturated rings. The van der Waals surface area contributed by atoms with E-state index in [1.807, 2.05) is 12.1 Å². The van der Waals surface area contributed by atoms with Crippen LogP contribution in [-0.4, -0.2) is 31.4 Å². The Kier molecular flexibility index (Phi) is 6.24. The van der Waals surface area contributed by atoms with Crippen LogP contribution in [0.25, 0.3) is 17.4 Å². The molecule has 3 aromatic rings. The van der Waals surface area contributed by atoms with Crippen LogP contribution in [0.1, 0.15) is 42.5 Å². The number of para-hydroxylation sites is 1. The first-order chi connectivity index (χ1) is 16.0. The van der Waals surface area contributed by atoms with Gasteiger partial charge in [0.2, 0.25) is 0 Å². The number of carbonyl (C=O) groups is 2. The highest BCUT2D eigenvalue weighted by Crippen LogP contribution is 2.37. The summed E-state index contributed by atoms with van der Waals surface area (Å²) in [6.45, 7) is 6.25. The standard InChI is InChI=1S/C25H22N2O5S2/c1-25(2,3)14-8-10-19(28)17(12-14)20-11-9-15(32-20)13-21-22(29)27(24(33)34-21)26-18-7-5-4-6-16(18)23(30)31/h4-13,26,28H,1-3H3,(H,30,31)/b21-13+. The molecule has 174 valence electrons. The summed E-state index contributed by atoms with van der Waals surface area (Å²) in [7, 11) is 0. The van der Waals surface area contributed by atoms with Gasteiger partial charge in [-0.2, -0.15) is 0 Å². The molecule has 0 saturated carbocycles. The van der Waals surface area contributed by atoms with Crippen molar-refractivity contribution in [3.05, 3.63) is 76.4 Å². The van der Waals surface area contributed by atoms with Gasteiger partial charge in [-0.05, 0) is 59.6 Å². The third-order valence-corrected chi connectivity index (χ3v) is 6.51. The SMILES string of the molecule is CC(C)(C)c1ccc(O)c(-c2ccc(/C=C3/SC(=S)N(Nc4ccccc4C(=O)O)C3=O)o2)c1. The summed E-state index contributed by atoms with van der Waals surface area (Å²) in [6, 6.07) is 15.1. The molecular weight excluding hydrogens is 472 g/mol. The molecule has 1 aromatic heterocycles. The average molecular weight is 495 g/mol. The van der Waals surface area contributed by atoms with E-state index in [1.54, 1.807) is 42.5 Å². The molecule has 1 saturated heterocycles. The minimum atomic E-state index is -1.12. The largest absolute Gasteiger partial charge is 0.507 e. The number of benzene rings is 2. The molecule has 0 aliphatic carbocycles. The second-order valence-corrected chi connectivity index (χ2v) is 10.3. The Labute approximate surface area is 206 Å². The number of furan rings is 1. The Hall–Kier alpha value is -3.56. The summed E-state index contributed by atoms with van der Waals surface area (Å²) < 4.78 is 6.14. The van der Waals surface area contributed by atoms with E-state index >= 15 is 0 Å². The molecule has 1 amide bonds. The van der Waals surface area contributed by atoms with Crippen LogP contribution in [0, 0.1) is 0 Å². The number of carboxylic acid groups (broad SMARTS) is 1. The van der Waals surface area contributed by atoms with Crippen molar-refractivity contribution < 1.29 is 24.2 Å². The molecule has 0 radical (unpaired) electrons. The van der Waals surface area contributed by atoms with E-state index in [1.165, 1.54) is 6.07 Å². The molecule has 0 atom stereocenters. The highest BCUT2D eigenvalue weighted by molar-refractivity contribution is 8.26. The number of aromatic carboxylic acids is 1. The predicted octanol–water partition coefficient (Wildman–Crippen LogP) is 5.88. The van der Waals surface area contributed by atoms with Crippen molar-refractivity contribution in [2.24, 2.45) is 0 Å². The Morgan fingerprint density at radius 1 is 1.15 bits per heavy atom. The lowest BCUT2D eigenvalue weighted by atomic mass is 9.86. The number of thiocarbonyl (C=S) groups is 1. The summed E-state index contributed by atoms with van der Waals surface area (Å²) in [5.74, 6) is -0.556. The second kappa shape index (κ2) is 9.00. The molecule has 9 heteroatoms. The van der Waals surface area contributed by atoms with Gasteiger partial charge in [-0.1, -0.05) is 50.7 Å². The van der Waals surface area contributed by atoms with Gasteiger partial charge < -0.3 is 14.6 Å². The number of carbonyl (C=O) groups excluding carboxylic acids is 1. The van der Waals surface area contributed by atoms with Crippen LogP contribution in [0.2, 0.25) is 0 Å². The summed E-state index contributed by atoms with van der Waals surface area (Å²) in [6.07, 6.45) is 1.57. The highest BCUT2D eigenvalue weighted by atomic mass is 32.2. The van der Waals surface area contributed by atoms with Gasteiger partial charge in [-0.15, -0.1) is 0 Å². The molecule has 7 nitrogen and oxygen atoms in total. The number of hydrazine groups is 1. The molecular formula is C25H22N2O5S2. The number of hydrogen-bond acceptors (Lipinski definition) is 7. The predicted molar refractivity (Wildman–Crippen MR) is 137 cm³/mol. The highest BCUT2D eigenvalue weighted by Gasteiger charge is 2.33. The van der Waals surface area contributed by atoms with E-state index in [-0.39, 0.29) is 26.7 Å². The number of carboxylic acids is 1. The number of hydrogen-bond donors (Lipinski definition) is 3. The number of nitrogens with zero attached hydrogens (tertiary/aromatic N) is 1.